The lowest BCUT2D eigenvalue weighted by Crippen LogP contribution is -2.47. The van der Waals surface area contributed by atoms with E-state index in [4.69, 9.17) is 0 Å². The number of aliphatic hydroxyl groups is 1. The van der Waals surface area contributed by atoms with Gasteiger partial charge in [0.25, 0.3) is 0 Å². The highest BCUT2D eigenvalue weighted by Gasteiger charge is 2.23. The molecule has 1 aromatic carbocycles. The number of rotatable bonds is 7. The van der Waals surface area contributed by atoms with Crippen molar-refractivity contribution in [2.45, 2.75) is 45.8 Å². The summed E-state index contributed by atoms with van der Waals surface area (Å²) in [7, 11) is 0. The molecular formula is C15H25NO. The van der Waals surface area contributed by atoms with Gasteiger partial charge in [0, 0.05) is 6.42 Å². The van der Waals surface area contributed by atoms with E-state index in [0.29, 0.717) is 12.3 Å². The van der Waals surface area contributed by atoms with Crippen LogP contribution in [0.15, 0.2) is 30.3 Å². The van der Waals surface area contributed by atoms with E-state index in [1.807, 2.05) is 25.1 Å². The molecule has 17 heavy (non-hydrogen) atoms. The maximum Gasteiger partial charge on any atom is 0.119 e. The molecule has 2 heteroatoms. The van der Waals surface area contributed by atoms with E-state index >= 15 is 0 Å². The molecule has 2 N–H and O–H groups in total. The Balaban J connectivity index is 2.50. The molecule has 0 bridgehead atoms. The van der Waals surface area contributed by atoms with Crippen LogP contribution in [-0.2, 0) is 6.42 Å². The van der Waals surface area contributed by atoms with Crippen molar-refractivity contribution in [1.29, 1.82) is 0 Å². The molecule has 1 rings (SSSR count). The van der Waals surface area contributed by atoms with Crippen molar-refractivity contribution in [3.05, 3.63) is 35.9 Å². The first kappa shape index (κ1) is 14.2. The van der Waals surface area contributed by atoms with Gasteiger partial charge >= 0.3 is 0 Å². The van der Waals surface area contributed by atoms with E-state index in [9.17, 15) is 5.11 Å². The van der Waals surface area contributed by atoms with E-state index < -0.39 is 5.72 Å². The highest BCUT2D eigenvalue weighted by molar-refractivity contribution is 5.16. The van der Waals surface area contributed by atoms with Gasteiger partial charge in [-0.15, -0.1) is 0 Å². The van der Waals surface area contributed by atoms with Gasteiger partial charge in [-0.1, -0.05) is 51.1 Å². The molecule has 0 saturated carbocycles. The predicted molar refractivity (Wildman–Crippen MR) is 72.8 cm³/mol. The van der Waals surface area contributed by atoms with Crippen LogP contribution in [-0.4, -0.2) is 17.4 Å². The summed E-state index contributed by atoms with van der Waals surface area (Å²) in [5.74, 6) is 0.667. The van der Waals surface area contributed by atoms with Crippen LogP contribution in [0.3, 0.4) is 0 Å². The number of hydrogen-bond donors (Lipinski definition) is 2. The molecule has 0 fully saturated rings. The maximum atomic E-state index is 10.5. The second-order valence-corrected chi connectivity index (χ2v) is 5.16. The smallest absolute Gasteiger partial charge is 0.119 e. The highest BCUT2D eigenvalue weighted by Crippen LogP contribution is 2.14. The standard InChI is InChI=1S/C15H25NO/c1-4-15(17,16-11-10-13(2)3)12-14-8-6-5-7-9-14/h5-9,13,16-17H,4,10-12H2,1-3H3. The third-order valence-electron chi connectivity index (χ3n) is 3.10. The highest BCUT2D eigenvalue weighted by atomic mass is 16.3. The molecule has 0 aromatic heterocycles. The van der Waals surface area contributed by atoms with Crippen molar-refractivity contribution in [2.24, 2.45) is 5.92 Å². The van der Waals surface area contributed by atoms with Crippen molar-refractivity contribution in [3.8, 4) is 0 Å². The number of benzene rings is 1. The van der Waals surface area contributed by atoms with E-state index in [1.54, 1.807) is 0 Å². The van der Waals surface area contributed by atoms with Crippen LogP contribution in [0.4, 0.5) is 0 Å². The Hall–Kier alpha value is -0.860. The minimum Gasteiger partial charge on any atom is -0.376 e. The zero-order valence-corrected chi connectivity index (χ0v) is 11.2. The minimum atomic E-state index is -0.768. The van der Waals surface area contributed by atoms with Crippen molar-refractivity contribution in [1.82, 2.24) is 5.32 Å². The first-order valence-electron chi connectivity index (χ1n) is 6.57. The molecule has 0 radical (unpaired) electrons. The molecule has 0 heterocycles. The molecule has 2 nitrogen and oxygen atoms in total. The lowest BCUT2D eigenvalue weighted by atomic mass is 9.99. The molecular weight excluding hydrogens is 210 g/mol. The van der Waals surface area contributed by atoms with Gasteiger partial charge in [-0.3, -0.25) is 5.32 Å². The van der Waals surface area contributed by atoms with Crippen molar-refractivity contribution in [3.63, 3.8) is 0 Å². The average Bonchev–Trinajstić information content (AvgIpc) is 2.30. The van der Waals surface area contributed by atoms with Gasteiger partial charge in [0.2, 0.25) is 0 Å². The van der Waals surface area contributed by atoms with E-state index in [2.05, 4.69) is 31.3 Å². The third-order valence-corrected chi connectivity index (χ3v) is 3.10. The normalized spacial score (nSPS) is 14.9. The van der Waals surface area contributed by atoms with Gasteiger partial charge in [0.15, 0.2) is 0 Å². The molecule has 96 valence electrons. The summed E-state index contributed by atoms with van der Waals surface area (Å²) in [6.45, 7) is 7.29. The largest absolute Gasteiger partial charge is 0.376 e. The van der Waals surface area contributed by atoms with Gasteiger partial charge < -0.3 is 5.11 Å². The van der Waals surface area contributed by atoms with E-state index in [1.165, 1.54) is 5.56 Å². The summed E-state index contributed by atoms with van der Waals surface area (Å²) in [4.78, 5) is 0. The van der Waals surface area contributed by atoms with Crippen LogP contribution in [0, 0.1) is 5.92 Å². The Morgan fingerprint density at radius 2 is 1.88 bits per heavy atom. The Morgan fingerprint density at radius 3 is 2.41 bits per heavy atom. The van der Waals surface area contributed by atoms with Crippen LogP contribution in [0.2, 0.25) is 0 Å². The summed E-state index contributed by atoms with van der Waals surface area (Å²) >= 11 is 0. The van der Waals surface area contributed by atoms with Crippen molar-refractivity contribution in [2.75, 3.05) is 6.54 Å². The average molecular weight is 235 g/mol. The molecule has 0 spiro atoms. The van der Waals surface area contributed by atoms with Gasteiger partial charge in [-0.2, -0.15) is 0 Å². The predicted octanol–water partition coefficient (Wildman–Crippen LogP) is 2.96. The third kappa shape index (κ3) is 5.33. The molecule has 0 aliphatic carbocycles. The van der Waals surface area contributed by atoms with Crippen LogP contribution < -0.4 is 5.32 Å². The molecule has 1 aromatic rings. The van der Waals surface area contributed by atoms with Crippen LogP contribution >= 0.6 is 0 Å². The zero-order chi connectivity index (χ0) is 12.7. The number of hydrogen-bond acceptors (Lipinski definition) is 2. The van der Waals surface area contributed by atoms with Crippen molar-refractivity contribution < 1.29 is 5.11 Å². The summed E-state index contributed by atoms with van der Waals surface area (Å²) < 4.78 is 0. The molecule has 0 aliphatic heterocycles. The first-order chi connectivity index (χ1) is 8.06. The first-order valence-corrected chi connectivity index (χ1v) is 6.57. The summed E-state index contributed by atoms with van der Waals surface area (Å²) in [6, 6.07) is 10.1. The fourth-order valence-electron chi connectivity index (χ4n) is 1.84. The van der Waals surface area contributed by atoms with E-state index in [0.717, 1.165) is 19.4 Å². The Morgan fingerprint density at radius 1 is 1.24 bits per heavy atom. The molecule has 0 saturated heterocycles. The molecule has 1 atom stereocenters. The molecule has 0 aliphatic rings. The van der Waals surface area contributed by atoms with Crippen LogP contribution in [0.5, 0.6) is 0 Å². The molecule has 0 amide bonds. The Kier molecular flexibility index (Phi) is 5.66. The quantitative estimate of drug-likeness (QED) is 0.712. The number of nitrogens with one attached hydrogen (secondary N) is 1. The van der Waals surface area contributed by atoms with Crippen molar-refractivity contribution >= 4 is 0 Å². The fourth-order valence-corrected chi connectivity index (χ4v) is 1.84. The summed E-state index contributed by atoms with van der Waals surface area (Å²) in [5.41, 5.74) is 0.407. The van der Waals surface area contributed by atoms with E-state index in [-0.39, 0.29) is 0 Å². The van der Waals surface area contributed by atoms with Crippen LogP contribution in [0.1, 0.15) is 39.2 Å². The second-order valence-electron chi connectivity index (χ2n) is 5.16. The lowest BCUT2D eigenvalue weighted by Gasteiger charge is -2.29. The van der Waals surface area contributed by atoms with Gasteiger partial charge in [-0.25, -0.2) is 0 Å². The summed E-state index contributed by atoms with van der Waals surface area (Å²) in [5, 5.41) is 13.8. The maximum absolute atomic E-state index is 10.5. The molecule has 1 unspecified atom stereocenters. The zero-order valence-electron chi connectivity index (χ0n) is 11.2. The Labute approximate surface area is 105 Å². The fraction of sp³-hybridized carbons (Fsp3) is 0.600. The lowest BCUT2D eigenvalue weighted by molar-refractivity contribution is 0.00111. The summed E-state index contributed by atoms with van der Waals surface area (Å²) in [6.07, 6.45) is 2.49. The monoisotopic (exact) mass is 235 g/mol. The SMILES string of the molecule is CCC(O)(Cc1ccccc1)NCCC(C)C. The topological polar surface area (TPSA) is 32.3 Å². The van der Waals surface area contributed by atoms with Gasteiger partial charge in [-0.05, 0) is 30.9 Å². The van der Waals surface area contributed by atoms with Crippen LogP contribution in [0.25, 0.3) is 0 Å². The second kappa shape index (κ2) is 6.77. The minimum absolute atomic E-state index is 0.667. The van der Waals surface area contributed by atoms with Gasteiger partial charge in [0.05, 0.1) is 0 Å². The van der Waals surface area contributed by atoms with Gasteiger partial charge in [0.1, 0.15) is 5.72 Å². The Bertz CT molecular complexity index is 310.